The minimum absolute atomic E-state index is 0.718. The van der Waals surface area contributed by atoms with Crippen LogP contribution in [0.1, 0.15) is 51.1 Å². The molecule has 0 aliphatic carbocycles. The predicted molar refractivity (Wildman–Crippen MR) is 82.4 cm³/mol. The van der Waals surface area contributed by atoms with Gasteiger partial charge in [0, 0.05) is 18.8 Å². The van der Waals surface area contributed by atoms with Crippen molar-refractivity contribution in [2.45, 2.75) is 52.0 Å². The lowest BCUT2D eigenvalue weighted by Crippen LogP contribution is -2.16. The zero-order chi connectivity index (χ0) is 14.6. The van der Waals surface area contributed by atoms with Crippen molar-refractivity contribution in [3.05, 3.63) is 18.0 Å². The van der Waals surface area contributed by atoms with Gasteiger partial charge < -0.3 is 14.8 Å². The first kappa shape index (κ1) is 16.8. The summed E-state index contributed by atoms with van der Waals surface area (Å²) in [7, 11) is 3.29. The van der Waals surface area contributed by atoms with Crippen LogP contribution in [0.5, 0.6) is 11.5 Å². The van der Waals surface area contributed by atoms with Crippen LogP contribution in [0.3, 0.4) is 0 Å². The van der Waals surface area contributed by atoms with Gasteiger partial charge in [-0.25, -0.2) is 0 Å². The van der Waals surface area contributed by atoms with Gasteiger partial charge in [0.15, 0.2) is 11.5 Å². The SMILES string of the molecule is CCCCCCCCNCc1nccc(OC)c1OC. The van der Waals surface area contributed by atoms with Crippen LogP contribution >= 0.6 is 0 Å². The van der Waals surface area contributed by atoms with Crippen molar-refractivity contribution < 1.29 is 9.47 Å². The minimum Gasteiger partial charge on any atom is -0.493 e. The first-order valence-corrected chi connectivity index (χ1v) is 7.60. The first-order valence-electron chi connectivity index (χ1n) is 7.60. The summed E-state index contributed by atoms with van der Waals surface area (Å²) in [6.07, 6.45) is 9.64. The van der Waals surface area contributed by atoms with Gasteiger partial charge in [0.2, 0.25) is 0 Å². The summed E-state index contributed by atoms with van der Waals surface area (Å²) in [5.41, 5.74) is 0.901. The van der Waals surface area contributed by atoms with Crippen molar-refractivity contribution in [2.24, 2.45) is 0 Å². The second-order valence-corrected chi connectivity index (χ2v) is 4.94. The molecule has 0 amide bonds. The molecule has 0 aliphatic heterocycles. The van der Waals surface area contributed by atoms with Crippen molar-refractivity contribution in [3.63, 3.8) is 0 Å². The second kappa shape index (κ2) is 10.5. The Kier molecular flexibility index (Phi) is 8.79. The zero-order valence-corrected chi connectivity index (χ0v) is 13.1. The molecule has 0 fully saturated rings. The number of aromatic nitrogens is 1. The molecule has 0 aromatic carbocycles. The summed E-state index contributed by atoms with van der Waals surface area (Å²) < 4.78 is 10.6. The van der Waals surface area contributed by atoms with Gasteiger partial charge in [-0.1, -0.05) is 39.0 Å². The molecule has 1 N–H and O–H groups in total. The molecule has 0 spiro atoms. The maximum Gasteiger partial charge on any atom is 0.183 e. The zero-order valence-electron chi connectivity index (χ0n) is 13.1. The molecule has 0 unspecified atom stereocenters. The normalized spacial score (nSPS) is 10.6. The Hall–Kier alpha value is -1.29. The van der Waals surface area contributed by atoms with E-state index in [0.29, 0.717) is 0 Å². The lowest BCUT2D eigenvalue weighted by Gasteiger charge is -2.12. The maximum atomic E-state index is 5.36. The van der Waals surface area contributed by atoms with Gasteiger partial charge in [-0.05, 0) is 13.0 Å². The summed E-state index contributed by atoms with van der Waals surface area (Å²) >= 11 is 0. The quantitative estimate of drug-likeness (QED) is 0.630. The first-order chi connectivity index (χ1) is 9.83. The van der Waals surface area contributed by atoms with E-state index in [-0.39, 0.29) is 0 Å². The third-order valence-electron chi connectivity index (χ3n) is 3.37. The van der Waals surface area contributed by atoms with E-state index in [9.17, 15) is 0 Å². The number of nitrogens with one attached hydrogen (secondary N) is 1. The molecular weight excluding hydrogens is 252 g/mol. The molecule has 1 heterocycles. The molecule has 0 aliphatic rings. The van der Waals surface area contributed by atoms with Gasteiger partial charge in [-0.2, -0.15) is 0 Å². The van der Waals surface area contributed by atoms with Gasteiger partial charge in [-0.3, -0.25) is 4.98 Å². The Morgan fingerprint density at radius 1 is 1.05 bits per heavy atom. The van der Waals surface area contributed by atoms with Gasteiger partial charge in [-0.15, -0.1) is 0 Å². The molecule has 0 saturated heterocycles. The molecule has 0 radical (unpaired) electrons. The van der Waals surface area contributed by atoms with E-state index in [1.165, 1.54) is 38.5 Å². The number of nitrogens with zero attached hydrogens (tertiary/aromatic N) is 1. The smallest absolute Gasteiger partial charge is 0.183 e. The van der Waals surface area contributed by atoms with Crippen LogP contribution in [0, 0.1) is 0 Å². The Labute approximate surface area is 122 Å². The van der Waals surface area contributed by atoms with Gasteiger partial charge in [0.25, 0.3) is 0 Å². The number of methoxy groups -OCH3 is 2. The predicted octanol–water partition coefficient (Wildman–Crippen LogP) is 3.55. The Morgan fingerprint density at radius 2 is 1.80 bits per heavy atom. The van der Waals surface area contributed by atoms with E-state index in [1.807, 2.05) is 6.07 Å². The summed E-state index contributed by atoms with van der Waals surface area (Å²) in [6.45, 7) is 3.99. The molecule has 1 aromatic rings. The Morgan fingerprint density at radius 3 is 2.50 bits per heavy atom. The van der Waals surface area contributed by atoms with Crippen molar-refractivity contribution in [2.75, 3.05) is 20.8 Å². The van der Waals surface area contributed by atoms with E-state index < -0.39 is 0 Å². The van der Waals surface area contributed by atoms with E-state index >= 15 is 0 Å². The highest BCUT2D eigenvalue weighted by Gasteiger charge is 2.09. The fourth-order valence-electron chi connectivity index (χ4n) is 2.21. The Balaban J connectivity index is 2.25. The minimum atomic E-state index is 0.718. The third-order valence-corrected chi connectivity index (χ3v) is 3.37. The molecule has 20 heavy (non-hydrogen) atoms. The molecule has 0 atom stereocenters. The van der Waals surface area contributed by atoms with Crippen LogP contribution in [0.4, 0.5) is 0 Å². The van der Waals surface area contributed by atoms with Crippen LogP contribution in [0.2, 0.25) is 0 Å². The highest BCUT2D eigenvalue weighted by molar-refractivity contribution is 5.42. The largest absolute Gasteiger partial charge is 0.493 e. The number of unbranched alkanes of at least 4 members (excludes halogenated alkanes) is 5. The maximum absolute atomic E-state index is 5.36. The monoisotopic (exact) mass is 280 g/mol. The highest BCUT2D eigenvalue weighted by atomic mass is 16.5. The van der Waals surface area contributed by atoms with E-state index in [1.54, 1.807) is 20.4 Å². The number of pyridine rings is 1. The number of ether oxygens (including phenoxy) is 2. The Bertz CT molecular complexity index is 369. The van der Waals surface area contributed by atoms with Crippen LogP contribution in [-0.2, 0) is 6.54 Å². The second-order valence-electron chi connectivity index (χ2n) is 4.94. The van der Waals surface area contributed by atoms with Gasteiger partial charge >= 0.3 is 0 Å². The molecule has 0 bridgehead atoms. The molecule has 114 valence electrons. The van der Waals surface area contributed by atoms with Crippen LogP contribution in [0.25, 0.3) is 0 Å². The fourth-order valence-corrected chi connectivity index (χ4v) is 2.21. The average Bonchev–Trinajstić information content (AvgIpc) is 2.49. The summed E-state index contributed by atoms with van der Waals surface area (Å²) in [4.78, 5) is 4.35. The van der Waals surface area contributed by atoms with Gasteiger partial charge in [0.1, 0.15) is 0 Å². The number of hydrogen-bond acceptors (Lipinski definition) is 4. The topological polar surface area (TPSA) is 43.4 Å². The van der Waals surface area contributed by atoms with Crippen LogP contribution in [-0.4, -0.2) is 25.7 Å². The molecule has 1 aromatic heterocycles. The van der Waals surface area contributed by atoms with Crippen molar-refractivity contribution in [1.82, 2.24) is 10.3 Å². The average molecular weight is 280 g/mol. The van der Waals surface area contributed by atoms with Crippen molar-refractivity contribution in [1.29, 1.82) is 0 Å². The number of rotatable bonds is 11. The standard InChI is InChI=1S/C16H28N2O2/c1-4-5-6-7-8-9-11-17-13-14-16(20-3)15(19-2)10-12-18-14/h10,12,17H,4-9,11,13H2,1-3H3. The summed E-state index contributed by atoms with van der Waals surface area (Å²) in [5.74, 6) is 1.46. The summed E-state index contributed by atoms with van der Waals surface area (Å²) in [5, 5.41) is 3.42. The fraction of sp³-hybridized carbons (Fsp3) is 0.688. The van der Waals surface area contributed by atoms with E-state index in [0.717, 1.165) is 30.3 Å². The molecule has 0 saturated carbocycles. The summed E-state index contributed by atoms with van der Waals surface area (Å²) in [6, 6.07) is 1.82. The van der Waals surface area contributed by atoms with Crippen LogP contribution < -0.4 is 14.8 Å². The third kappa shape index (κ3) is 5.78. The van der Waals surface area contributed by atoms with Crippen molar-refractivity contribution in [3.8, 4) is 11.5 Å². The number of hydrogen-bond donors (Lipinski definition) is 1. The van der Waals surface area contributed by atoms with Crippen LogP contribution in [0.15, 0.2) is 12.3 Å². The molecule has 4 heteroatoms. The van der Waals surface area contributed by atoms with E-state index in [2.05, 4.69) is 17.2 Å². The van der Waals surface area contributed by atoms with Crippen molar-refractivity contribution >= 4 is 0 Å². The lowest BCUT2D eigenvalue weighted by molar-refractivity contribution is 0.348. The molecule has 4 nitrogen and oxygen atoms in total. The highest BCUT2D eigenvalue weighted by Crippen LogP contribution is 2.28. The molecular formula is C16H28N2O2. The molecule has 1 rings (SSSR count). The lowest BCUT2D eigenvalue weighted by atomic mass is 10.1. The van der Waals surface area contributed by atoms with E-state index in [4.69, 9.17) is 9.47 Å². The van der Waals surface area contributed by atoms with Gasteiger partial charge in [0.05, 0.1) is 19.9 Å².